The molecule has 0 unspecified atom stereocenters. The Bertz CT molecular complexity index is 404. The summed E-state index contributed by atoms with van der Waals surface area (Å²) in [7, 11) is 0. The number of pyridine rings is 1. The third kappa shape index (κ3) is 4.16. The third-order valence-electron chi connectivity index (χ3n) is 2.30. The van der Waals surface area contributed by atoms with Crippen molar-refractivity contribution in [2.24, 2.45) is 11.8 Å². The van der Waals surface area contributed by atoms with Crippen molar-refractivity contribution in [2.75, 3.05) is 10.6 Å². The van der Waals surface area contributed by atoms with E-state index in [4.69, 9.17) is 0 Å². The average molecular weight is 249 g/mol. The summed E-state index contributed by atoms with van der Waals surface area (Å²) in [6, 6.07) is 5.11. The Labute approximate surface area is 107 Å². The zero-order valence-electron chi connectivity index (χ0n) is 11.2. The van der Waals surface area contributed by atoms with Crippen LogP contribution < -0.4 is 10.6 Å². The van der Waals surface area contributed by atoms with E-state index >= 15 is 0 Å². The van der Waals surface area contributed by atoms with Gasteiger partial charge in [-0.15, -0.1) is 0 Å². The quantitative estimate of drug-likeness (QED) is 0.859. The molecule has 0 saturated heterocycles. The first-order valence-corrected chi connectivity index (χ1v) is 5.99. The van der Waals surface area contributed by atoms with Crippen LogP contribution in [-0.2, 0) is 9.59 Å². The van der Waals surface area contributed by atoms with Gasteiger partial charge in [-0.05, 0) is 12.1 Å². The highest BCUT2D eigenvalue weighted by Crippen LogP contribution is 2.11. The van der Waals surface area contributed by atoms with E-state index in [0.29, 0.717) is 11.6 Å². The smallest absolute Gasteiger partial charge is 0.228 e. The Morgan fingerprint density at radius 2 is 1.33 bits per heavy atom. The number of carbonyl (C=O) groups excluding carboxylic acids is 2. The number of hydrogen-bond acceptors (Lipinski definition) is 3. The lowest BCUT2D eigenvalue weighted by atomic mass is 10.2. The highest BCUT2D eigenvalue weighted by Gasteiger charge is 2.10. The van der Waals surface area contributed by atoms with Crippen molar-refractivity contribution >= 4 is 23.5 Å². The van der Waals surface area contributed by atoms with Gasteiger partial charge in [0.15, 0.2) is 0 Å². The molecule has 0 saturated carbocycles. The molecular weight excluding hydrogens is 230 g/mol. The Kier molecular flexibility index (Phi) is 4.83. The highest BCUT2D eigenvalue weighted by atomic mass is 16.2. The molecule has 0 aliphatic rings. The first-order valence-electron chi connectivity index (χ1n) is 5.99. The van der Waals surface area contributed by atoms with E-state index in [1.165, 1.54) is 0 Å². The van der Waals surface area contributed by atoms with Crippen LogP contribution in [0.5, 0.6) is 0 Å². The van der Waals surface area contributed by atoms with E-state index in [9.17, 15) is 9.59 Å². The van der Waals surface area contributed by atoms with Crippen LogP contribution in [0.4, 0.5) is 11.6 Å². The fraction of sp³-hybridized carbons (Fsp3) is 0.462. The molecule has 5 nitrogen and oxygen atoms in total. The van der Waals surface area contributed by atoms with Crippen molar-refractivity contribution < 1.29 is 9.59 Å². The van der Waals surface area contributed by atoms with E-state index in [0.717, 1.165) is 0 Å². The van der Waals surface area contributed by atoms with Crippen molar-refractivity contribution in [1.29, 1.82) is 0 Å². The largest absolute Gasteiger partial charge is 0.310 e. The van der Waals surface area contributed by atoms with Gasteiger partial charge in [0.1, 0.15) is 11.6 Å². The van der Waals surface area contributed by atoms with Gasteiger partial charge in [0.05, 0.1) is 0 Å². The molecule has 0 aliphatic heterocycles. The van der Waals surface area contributed by atoms with Gasteiger partial charge in [-0.3, -0.25) is 9.59 Å². The molecule has 1 heterocycles. The maximum atomic E-state index is 11.5. The average Bonchev–Trinajstić information content (AvgIpc) is 2.29. The van der Waals surface area contributed by atoms with Gasteiger partial charge in [0.2, 0.25) is 11.8 Å². The molecule has 5 heteroatoms. The molecule has 18 heavy (non-hydrogen) atoms. The summed E-state index contributed by atoms with van der Waals surface area (Å²) in [5.41, 5.74) is 0. The minimum Gasteiger partial charge on any atom is -0.310 e. The molecule has 0 bridgehead atoms. The van der Waals surface area contributed by atoms with E-state index in [-0.39, 0.29) is 23.7 Å². The third-order valence-corrected chi connectivity index (χ3v) is 2.30. The number of anilines is 2. The van der Waals surface area contributed by atoms with Crippen LogP contribution in [0.1, 0.15) is 27.7 Å². The van der Waals surface area contributed by atoms with Crippen LogP contribution in [0, 0.1) is 11.8 Å². The summed E-state index contributed by atoms with van der Waals surface area (Å²) < 4.78 is 0. The monoisotopic (exact) mass is 249 g/mol. The van der Waals surface area contributed by atoms with E-state index in [2.05, 4.69) is 15.6 Å². The van der Waals surface area contributed by atoms with Gasteiger partial charge in [-0.25, -0.2) is 4.98 Å². The fourth-order valence-corrected chi connectivity index (χ4v) is 1.12. The van der Waals surface area contributed by atoms with Gasteiger partial charge in [0.25, 0.3) is 0 Å². The predicted molar refractivity (Wildman–Crippen MR) is 71.2 cm³/mol. The van der Waals surface area contributed by atoms with Crippen LogP contribution in [0.15, 0.2) is 18.2 Å². The minimum atomic E-state index is -0.110. The number of hydrogen-bond donors (Lipinski definition) is 2. The Hall–Kier alpha value is -1.91. The zero-order valence-corrected chi connectivity index (χ0v) is 11.2. The molecule has 0 fully saturated rings. The lowest BCUT2D eigenvalue weighted by molar-refractivity contribution is -0.119. The number of nitrogens with one attached hydrogen (secondary N) is 2. The zero-order chi connectivity index (χ0) is 13.7. The Morgan fingerprint density at radius 3 is 1.67 bits per heavy atom. The summed E-state index contributed by atoms with van der Waals surface area (Å²) >= 11 is 0. The van der Waals surface area contributed by atoms with Gasteiger partial charge in [0, 0.05) is 11.8 Å². The molecule has 0 radical (unpaired) electrons. The Balaban J connectivity index is 2.74. The second-order valence-electron chi connectivity index (χ2n) is 4.70. The maximum absolute atomic E-state index is 11.5. The van der Waals surface area contributed by atoms with Crippen LogP contribution in [0.2, 0.25) is 0 Å². The SMILES string of the molecule is CC(C)C(=O)Nc1cccc(NC(=O)C(C)C)n1. The second kappa shape index (κ2) is 6.14. The van der Waals surface area contributed by atoms with Crippen molar-refractivity contribution in [3.05, 3.63) is 18.2 Å². The van der Waals surface area contributed by atoms with Crippen molar-refractivity contribution in [3.8, 4) is 0 Å². The van der Waals surface area contributed by atoms with Crippen molar-refractivity contribution in [2.45, 2.75) is 27.7 Å². The van der Waals surface area contributed by atoms with Gasteiger partial charge in [-0.1, -0.05) is 33.8 Å². The lowest BCUT2D eigenvalue weighted by Crippen LogP contribution is -2.20. The molecule has 0 spiro atoms. The molecular formula is C13H19N3O2. The van der Waals surface area contributed by atoms with Crippen LogP contribution >= 0.6 is 0 Å². The van der Waals surface area contributed by atoms with Gasteiger partial charge >= 0.3 is 0 Å². The molecule has 0 aliphatic carbocycles. The number of amides is 2. The molecule has 2 amide bonds. The van der Waals surface area contributed by atoms with Crippen LogP contribution in [-0.4, -0.2) is 16.8 Å². The first-order chi connectivity index (χ1) is 8.40. The topological polar surface area (TPSA) is 71.1 Å². The summed E-state index contributed by atoms with van der Waals surface area (Å²) in [6.45, 7) is 7.22. The summed E-state index contributed by atoms with van der Waals surface area (Å²) in [4.78, 5) is 27.2. The van der Waals surface area contributed by atoms with Gasteiger partial charge in [-0.2, -0.15) is 0 Å². The van der Waals surface area contributed by atoms with Gasteiger partial charge < -0.3 is 10.6 Å². The summed E-state index contributed by atoms with van der Waals surface area (Å²) in [6.07, 6.45) is 0. The molecule has 0 aromatic carbocycles. The lowest BCUT2D eigenvalue weighted by Gasteiger charge is -2.10. The fourth-order valence-electron chi connectivity index (χ4n) is 1.12. The normalized spacial score (nSPS) is 10.6. The number of nitrogens with zero attached hydrogens (tertiary/aromatic N) is 1. The number of aromatic nitrogens is 1. The Morgan fingerprint density at radius 1 is 0.944 bits per heavy atom. The molecule has 1 rings (SSSR count). The van der Waals surface area contributed by atoms with Crippen molar-refractivity contribution in [1.82, 2.24) is 4.98 Å². The second-order valence-corrected chi connectivity index (χ2v) is 4.70. The summed E-state index contributed by atoms with van der Waals surface area (Å²) in [5, 5.41) is 5.37. The van der Waals surface area contributed by atoms with Crippen LogP contribution in [0.3, 0.4) is 0 Å². The predicted octanol–water partition coefficient (Wildman–Crippen LogP) is 2.27. The molecule has 2 N–H and O–H groups in total. The minimum absolute atomic E-state index is 0.102. The standard InChI is InChI=1S/C13H19N3O2/c1-8(2)12(17)15-10-6-5-7-11(14-10)16-13(18)9(3)4/h5-9H,1-4H3,(H2,14,15,16,17,18). The van der Waals surface area contributed by atoms with Crippen LogP contribution in [0.25, 0.3) is 0 Å². The number of carbonyl (C=O) groups is 2. The maximum Gasteiger partial charge on any atom is 0.228 e. The first kappa shape index (κ1) is 14.2. The molecule has 1 aromatic rings. The van der Waals surface area contributed by atoms with E-state index in [1.54, 1.807) is 45.9 Å². The van der Waals surface area contributed by atoms with Crippen molar-refractivity contribution in [3.63, 3.8) is 0 Å². The number of rotatable bonds is 4. The molecule has 0 atom stereocenters. The van der Waals surface area contributed by atoms with E-state index < -0.39 is 0 Å². The molecule has 1 aromatic heterocycles. The summed E-state index contributed by atoms with van der Waals surface area (Å²) in [5.74, 6) is 0.455. The van der Waals surface area contributed by atoms with E-state index in [1.807, 2.05) is 0 Å². The highest BCUT2D eigenvalue weighted by molar-refractivity contribution is 5.93. The molecule has 98 valence electrons.